The molecule has 3 rings (SSSR count). The highest BCUT2D eigenvalue weighted by atomic mass is 35.5. The molecular formula is C21H23Cl2NO2. The van der Waals surface area contributed by atoms with Crippen LogP contribution in [-0.4, -0.2) is 13.7 Å². The number of benzene rings is 2. The van der Waals surface area contributed by atoms with Crippen LogP contribution in [0.5, 0.6) is 5.75 Å². The molecule has 0 saturated heterocycles. The third kappa shape index (κ3) is 5.04. The SMILES string of the molecule is COc1ccc(CCNCc2ccc(-c3cccc(Cl)c3C)o2)cc1.Cl. The highest BCUT2D eigenvalue weighted by Gasteiger charge is 2.09. The molecule has 0 fully saturated rings. The number of furan rings is 1. The first kappa shape index (κ1) is 20.4. The predicted octanol–water partition coefficient (Wildman–Crippen LogP) is 5.67. The topological polar surface area (TPSA) is 34.4 Å². The average Bonchev–Trinajstić information content (AvgIpc) is 3.10. The summed E-state index contributed by atoms with van der Waals surface area (Å²) in [6, 6.07) is 18.0. The van der Waals surface area contributed by atoms with Crippen molar-refractivity contribution in [3.63, 3.8) is 0 Å². The third-order valence-electron chi connectivity index (χ3n) is 4.24. The van der Waals surface area contributed by atoms with Gasteiger partial charge in [0.15, 0.2) is 0 Å². The summed E-state index contributed by atoms with van der Waals surface area (Å²) in [6.45, 7) is 3.60. The van der Waals surface area contributed by atoms with Gasteiger partial charge in [-0.25, -0.2) is 0 Å². The van der Waals surface area contributed by atoms with Crippen LogP contribution in [0.4, 0.5) is 0 Å². The van der Waals surface area contributed by atoms with Crippen LogP contribution in [0, 0.1) is 6.92 Å². The summed E-state index contributed by atoms with van der Waals surface area (Å²) in [5, 5.41) is 4.18. The number of methoxy groups -OCH3 is 1. The minimum atomic E-state index is 0. The van der Waals surface area contributed by atoms with Gasteiger partial charge in [0, 0.05) is 10.6 Å². The quantitative estimate of drug-likeness (QED) is 0.526. The van der Waals surface area contributed by atoms with E-state index in [2.05, 4.69) is 17.4 Å². The summed E-state index contributed by atoms with van der Waals surface area (Å²) < 4.78 is 11.1. The minimum absolute atomic E-state index is 0. The molecule has 0 aliphatic heterocycles. The third-order valence-corrected chi connectivity index (χ3v) is 4.65. The molecule has 0 aliphatic carbocycles. The lowest BCUT2D eigenvalue weighted by atomic mass is 10.1. The molecule has 1 heterocycles. The van der Waals surface area contributed by atoms with Gasteiger partial charge in [-0.2, -0.15) is 0 Å². The van der Waals surface area contributed by atoms with Crippen LogP contribution in [0.2, 0.25) is 5.02 Å². The van der Waals surface area contributed by atoms with Gasteiger partial charge in [0.1, 0.15) is 17.3 Å². The summed E-state index contributed by atoms with van der Waals surface area (Å²) in [4.78, 5) is 0. The lowest BCUT2D eigenvalue weighted by Crippen LogP contribution is -2.16. The second-order valence-corrected chi connectivity index (χ2v) is 6.36. The fourth-order valence-electron chi connectivity index (χ4n) is 2.73. The first-order valence-corrected chi connectivity index (χ1v) is 8.73. The Morgan fingerprint density at radius 1 is 1.04 bits per heavy atom. The largest absolute Gasteiger partial charge is 0.497 e. The Labute approximate surface area is 165 Å². The van der Waals surface area contributed by atoms with Gasteiger partial charge in [-0.15, -0.1) is 12.4 Å². The molecule has 0 radical (unpaired) electrons. The Balaban J connectivity index is 0.00000243. The summed E-state index contributed by atoms with van der Waals surface area (Å²) in [5.41, 5.74) is 3.36. The number of ether oxygens (including phenoxy) is 1. The Kier molecular flexibility index (Phi) is 7.58. The molecule has 3 nitrogen and oxygen atoms in total. The van der Waals surface area contributed by atoms with E-state index in [-0.39, 0.29) is 12.4 Å². The Bertz CT molecular complexity index is 828. The second kappa shape index (κ2) is 9.67. The maximum Gasteiger partial charge on any atom is 0.134 e. The van der Waals surface area contributed by atoms with Crippen LogP contribution in [0.1, 0.15) is 16.9 Å². The number of hydrogen-bond donors (Lipinski definition) is 1. The molecule has 0 atom stereocenters. The van der Waals surface area contributed by atoms with Gasteiger partial charge in [-0.05, 0) is 61.3 Å². The van der Waals surface area contributed by atoms with Crippen LogP contribution in [0.15, 0.2) is 59.0 Å². The van der Waals surface area contributed by atoms with Crippen LogP contribution < -0.4 is 10.1 Å². The van der Waals surface area contributed by atoms with E-state index in [1.165, 1.54) is 5.56 Å². The monoisotopic (exact) mass is 391 g/mol. The van der Waals surface area contributed by atoms with E-state index in [1.54, 1.807) is 7.11 Å². The van der Waals surface area contributed by atoms with Gasteiger partial charge in [-0.3, -0.25) is 0 Å². The van der Waals surface area contributed by atoms with Gasteiger partial charge in [-0.1, -0.05) is 35.9 Å². The molecule has 1 aromatic heterocycles. The summed E-state index contributed by atoms with van der Waals surface area (Å²) in [7, 11) is 1.68. The van der Waals surface area contributed by atoms with E-state index in [0.717, 1.165) is 46.4 Å². The van der Waals surface area contributed by atoms with E-state index >= 15 is 0 Å². The van der Waals surface area contributed by atoms with Crippen molar-refractivity contribution in [3.8, 4) is 17.1 Å². The van der Waals surface area contributed by atoms with Crippen LogP contribution in [0.25, 0.3) is 11.3 Å². The van der Waals surface area contributed by atoms with E-state index in [1.807, 2.05) is 49.4 Å². The standard InChI is InChI=1S/C21H22ClNO2.ClH/c1-15-19(4-3-5-20(15)22)21-11-10-18(25-21)14-23-13-12-16-6-8-17(24-2)9-7-16;/h3-11,23H,12-14H2,1-2H3;1H. The zero-order valence-corrected chi connectivity index (χ0v) is 16.5. The fraction of sp³-hybridized carbons (Fsp3) is 0.238. The average molecular weight is 392 g/mol. The molecule has 0 aliphatic rings. The molecule has 1 N–H and O–H groups in total. The number of halogens is 2. The highest BCUT2D eigenvalue weighted by molar-refractivity contribution is 6.31. The maximum absolute atomic E-state index is 6.19. The minimum Gasteiger partial charge on any atom is -0.497 e. The smallest absolute Gasteiger partial charge is 0.134 e. The van der Waals surface area contributed by atoms with Crippen LogP contribution in [0.3, 0.4) is 0 Å². The molecule has 3 aromatic rings. The van der Waals surface area contributed by atoms with Gasteiger partial charge >= 0.3 is 0 Å². The first-order valence-electron chi connectivity index (χ1n) is 8.35. The fourth-order valence-corrected chi connectivity index (χ4v) is 2.90. The van der Waals surface area contributed by atoms with Gasteiger partial charge in [0.25, 0.3) is 0 Å². The Morgan fingerprint density at radius 3 is 2.54 bits per heavy atom. The lowest BCUT2D eigenvalue weighted by molar-refractivity contribution is 0.414. The normalized spacial score (nSPS) is 10.4. The van der Waals surface area contributed by atoms with E-state index in [0.29, 0.717) is 6.54 Å². The molecular weight excluding hydrogens is 369 g/mol. The molecule has 0 bridgehead atoms. The summed E-state index contributed by atoms with van der Waals surface area (Å²) >= 11 is 6.19. The van der Waals surface area contributed by atoms with Crippen molar-refractivity contribution in [1.29, 1.82) is 0 Å². The molecule has 2 aromatic carbocycles. The van der Waals surface area contributed by atoms with Crippen molar-refractivity contribution >= 4 is 24.0 Å². The molecule has 0 spiro atoms. The Hall–Kier alpha value is -1.94. The lowest BCUT2D eigenvalue weighted by Gasteiger charge is -2.06. The number of nitrogens with one attached hydrogen (secondary N) is 1. The molecule has 138 valence electrons. The van der Waals surface area contributed by atoms with Crippen molar-refractivity contribution in [1.82, 2.24) is 5.32 Å². The van der Waals surface area contributed by atoms with Crippen molar-refractivity contribution < 1.29 is 9.15 Å². The molecule has 0 unspecified atom stereocenters. The van der Waals surface area contributed by atoms with Gasteiger partial charge in [0.05, 0.1) is 13.7 Å². The van der Waals surface area contributed by atoms with Crippen molar-refractivity contribution in [2.24, 2.45) is 0 Å². The van der Waals surface area contributed by atoms with Crippen LogP contribution >= 0.6 is 24.0 Å². The van der Waals surface area contributed by atoms with Gasteiger partial charge < -0.3 is 14.5 Å². The van der Waals surface area contributed by atoms with Crippen LogP contribution in [-0.2, 0) is 13.0 Å². The zero-order chi connectivity index (χ0) is 17.6. The first-order chi connectivity index (χ1) is 12.2. The molecule has 26 heavy (non-hydrogen) atoms. The summed E-state index contributed by atoms with van der Waals surface area (Å²) in [5.74, 6) is 2.66. The van der Waals surface area contributed by atoms with E-state index in [4.69, 9.17) is 20.8 Å². The van der Waals surface area contributed by atoms with Crippen molar-refractivity contribution in [3.05, 3.63) is 76.5 Å². The van der Waals surface area contributed by atoms with E-state index < -0.39 is 0 Å². The highest BCUT2D eigenvalue weighted by Crippen LogP contribution is 2.29. The van der Waals surface area contributed by atoms with Crippen molar-refractivity contribution in [2.45, 2.75) is 19.9 Å². The molecule has 0 amide bonds. The summed E-state index contributed by atoms with van der Waals surface area (Å²) in [6.07, 6.45) is 0.963. The molecule has 0 saturated carbocycles. The number of rotatable bonds is 7. The molecule has 5 heteroatoms. The Morgan fingerprint density at radius 2 is 1.81 bits per heavy atom. The second-order valence-electron chi connectivity index (χ2n) is 5.95. The number of hydrogen-bond acceptors (Lipinski definition) is 3. The van der Waals surface area contributed by atoms with E-state index in [9.17, 15) is 0 Å². The van der Waals surface area contributed by atoms with Crippen molar-refractivity contribution in [2.75, 3.05) is 13.7 Å². The predicted molar refractivity (Wildman–Crippen MR) is 110 cm³/mol. The zero-order valence-electron chi connectivity index (χ0n) is 14.9. The van der Waals surface area contributed by atoms with Gasteiger partial charge in [0.2, 0.25) is 0 Å². The maximum atomic E-state index is 6.19.